The number of aliphatic carboxylic acids is 1. The number of methoxy groups -OCH3 is 1. The molecule has 0 radical (unpaired) electrons. The van der Waals surface area contributed by atoms with Crippen LogP contribution in [0.15, 0.2) is 0 Å². The molecule has 0 saturated carbocycles. The Kier molecular flexibility index (Phi) is 5.88. The van der Waals surface area contributed by atoms with Gasteiger partial charge < -0.3 is 20.3 Å². The quantitative estimate of drug-likeness (QED) is 0.522. The molecular weight excluding hydrogens is 202 g/mol. The monoisotopic (exact) mass is 219 g/mol. The molecule has 3 N–H and O–H groups in total. The number of rotatable bonds is 7. The van der Waals surface area contributed by atoms with Gasteiger partial charge in [-0.2, -0.15) is 0 Å². The van der Waals surface area contributed by atoms with Crippen LogP contribution < -0.4 is 5.32 Å². The van der Waals surface area contributed by atoms with Crippen LogP contribution >= 0.6 is 0 Å². The highest BCUT2D eigenvalue weighted by Crippen LogP contribution is 2.19. The fraction of sp³-hybridized carbons (Fsp3) is 0.778. The Morgan fingerprint density at radius 3 is 2.47 bits per heavy atom. The Labute approximate surface area is 88.2 Å². The summed E-state index contributed by atoms with van der Waals surface area (Å²) in [6, 6.07) is 0. The highest BCUT2D eigenvalue weighted by atomic mass is 16.5. The highest BCUT2D eigenvalue weighted by molar-refractivity contribution is 5.77. The third kappa shape index (κ3) is 6.03. The second kappa shape index (κ2) is 6.36. The first-order valence-corrected chi connectivity index (χ1v) is 4.52. The number of nitrogens with one attached hydrogen (secondary N) is 1. The van der Waals surface area contributed by atoms with Crippen LogP contribution in [0.25, 0.3) is 0 Å². The third-order valence-electron chi connectivity index (χ3n) is 1.95. The summed E-state index contributed by atoms with van der Waals surface area (Å²) >= 11 is 0. The average molecular weight is 219 g/mol. The minimum absolute atomic E-state index is 0.0748. The van der Waals surface area contributed by atoms with Crippen LogP contribution in [0, 0.1) is 5.41 Å². The SMILES string of the molecule is COCC(=O)NCC(C)(CO)CC(=O)O. The number of hydrogen-bond acceptors (Lipinski definition) is 4. The van der Waals surface area contributed by atoms with E-state index in [2.05, 4.69) is 10.1 Å². The molecule has 0 aliphatic carbocycles. The Morgan fingerprint density at radius 2 is 2.07 bits per heavy atom. The van der Waals surface area contributed by atoms with Crippen molar-refractivity contribution in [2.45, 2.75) is 13.3 Å². The molecule has 1 unspecified atom stereocenters. The summed E-state index contributed by atoms with van der Waals surface area (Å²) in [6.45, 7) is 1.33. The van der Waals surface area contributed by atoms with Crippen LogP contribution in [0.1, 0.15) is 13.3 Å². The largest absolute Gasteiger partial charge is 0.481 e. The van der Waals surface area contributed by atoms with E-state index in [4.69, 9.17) is 10.2 Å². The van der Waals surface area contributed by atoms with Gasteiger partial charge in [-0.25, -0.2) is 0 Å². The number of carboxylic acid groups (broad SMARTS) is 1. The number of carbonyl (C=O) groups excluding carboxylic acids is 1. The molecule has 6 heteroatoms. The minimum atomic E-state index is -1.01. The maximum absolute atomic E-state index is 11.0. The number of aliphatic hydroxyl groups excluding tert-OH is 1. The van der Waals surface area contributed by atoms with Crippen LogP contribution in [0.2, 0.25) is 0 Å². The predicted molar refractivity (Wildman–Crippen MR) is 52.3 cm³/mol. The fourth-order valence-electron chi connectivity index (χ4n) is 1.03. The van der Waals surface area contributed by atoms with E-state index in [0.717, 1.165) is 0 Å². The lowest BCUT2D eigenvalue weighted by Gasteiger charge is -2.25. The summed E-state index contributed by atoms with van der Waals surface area (Å²) < 4.78 is 4.59. The van der Waals surface area contributed by atoms with Crippen molar-refractivity contribution in [2.24, 2.45) is 5.41 Å². The molecule has 0 heterocycles. The van der Waals surface area contributed by atoms with Gasteiger partial charge >= 0.3 is 5.97 Å². The topological polar surface area (TPSA) is 95.9 Å². The second-order valence-electron chi connectivity index (χ2n) is 3.75. The Hall–Kier alpha value is -1.14. The summed E-state index contributed by atoms with van der Waals surface area (Å²) in [5.74, 6) is -1.34. The van der Waals surface area contributed by atoms with E-state index in [1.165, 1.54) is 7.11 Å². The summed E-state index contributed by atoms with van der Waals surface area (Å²) in [4.78, 5) is 21.5. The zero-order valence-corrected chi connectivity index (χ0v) is 8.95. The zero-order valence-electron chi connectivity index (χ0n) is 8.95. The average Bonchev–Trinajstić information content (AvgIpc) is 2.14. The van der Waals surface area contributed by atoms with E-state index in [0.29, 0.717) is 0 Å². The molecule has 0 aliphatic rings. The molecule has 0 aromatic carbocycles. The molecule has 0 rings (SSSR count). The van der Waals surface area contributed by atoms with Gasteiger partial charge in [0.2, 0.25) is 5.91 Å². The smallest absolute Gasteiger partial charge is 0.304 e. The van der Waals surface area contributed by atoms with Gasteiger partial charge in [-0.3, -0.25) is 9.59 Å². The zero-order chi connectivity index (χ0) is 11.9. The molecule has 0 aromatic rings. The molecule has 0 fully saturated rings. The van der Waals surface area contributed by atoms with Crippen molar-refractivity contribution < 1.29 is 24.5 Å². The second-order valence-corrected chi connectivity index (χ2v) is 3.75. The molecule has 6 nitrogen and oxygen atoms in total. The normalized spacial score (nSPS) is 14.3. The highest BCUT2D eigenvalue weighted by Gasteiger charge is 2.27. The summed E-state index contributed by atoms with van der Waals surface area (Å²) in [6.07, 6.45) is -0.198. The van der Waals surface area contributed by atoms with E-state index in [1.807, 2.05) is 0 Å². The molecule has 0 spiro atoms. The van der Waals surface area contributed by atoms with Gasteiger partial charge in [0.15, 0.2) is 0 Å². The Bertz CT molecular complexity index is 231. The van der Waals surface area contributed by atoms with E-state index >= 15 is 0 Å². The van der Waals surface area contributed by atoms with E-state index in [9.17, 15) is 9.59 Å². The van der Waals surface area contributed by atoms with Crippen molar-refractivity contribution in [1.82, 2.24) is 5.32 Å². The molecular formula is C9H17NO5. The maximum atomic E-state index is 11.0. The first-order valence-electron chi connectivity index (χ1n) is 4.52. The third-order valence-corrected chi connectivity index (χ3v) is 1.95. The van der Waals surface area contributed by atoms with E-state index < -0.39 is 11.4 Å². The number of hydrogen-bond donors (Lipinski definition) is 3. The molecule has 0 bridgehead atoms. The maximum Gasteiger partial charge on any atom is 0.304 e. The molecule has 88 valence electrons. The van der Waals surface area contributed by atoms with Crippen molar-refractivity contribution in [1.29, 1.82) is 0 Å². The molecule has 15 heavy (non-hydrogen) atoms. The Balaban J connectivity index is 4.08. The molecule has 1 amide bonds. The van der Waals surface area contributed by atoms with Gasteiger partial charge in [-0.1, -0.05) is 6.92 Å². The molecule has 0 aliphatic heterocycles. The number of carbonyl (C=O) groups is 2. The van der Waals surface area contributed by atoms with Crippen LogP contribution in [0.3, 0.4) is 0 Å². The number of ether oxygens (including phenoxy) is 1. The van der Waals surface area contributed by atoms with Crippen molar-refractivity contribution in [3.63, 3.8) is 0 Å². The van der Waals surface area contributed by atoms with Crippen molar-refractivity contribution in [2.75, 3.05) is 26.9 Å². The standard InChI is InChI=1S/C9H17NO5/c1-9(6-11,3-8(13)14)5-10-7(12)4-15-2/h11H,3-6H2,1-2H3,(H,10,12)(H,13,14). The van der Waals surface area contributed by atoms with Gasteiger partial charge in [0.1, 0.15) is 6.61 Å². The van der Waals surface area contributed by atoms with Crippen molar-refractivity contribution in [3.8, 4) is 0 Å². The van der Waals surface area contributed by atoms with Gasteiger partial charge in [0.05, 0.1) is 13.0 Å². The van der Waals surface area contributed by atoms with Crippen LogP contribution in [0.4, 0.5) is 0 Å². The Morgan fingerprint density at radius 1 is 1.47 bits per heavy atom. The summed E-state index contributed by atoms with van der Waals surface area (Å²) in [5, 5.41) is 20.1. The number of carboxylic acids is 1. The first-order chi connectivity index (χ1) is 6.93. The van der Waals surface area contributed by atoms with Gasteiger partial charge in [-0.05, 0) is 0 Å². The van der Waals surface area contributed by atoms with Crippen molar-refractivity contribution >= 4 is 11.9 Å². The molecule has 0 aromatic heterocycles. The lowest BCUT2D eigenvalue weighted by atomic mass is 9.88. The van der Waals surface area contributed by atoms with Crippen molar-refractivity contribution in [3.05, 3.63) is 0 Å². The van der Waals surface area contributed by atoms with Gasteiger partial charge in [-0.15, -0.1) is 0 Å². The summed E-state index contributed by atoms with van der Waals surface area (Å²) in [5.41, 5.74) is -0.838. The van der Waals surface area contributed by atoms with Crippen LogP contribution in [-0.4, -0.2) is 49.0 Å². The molecule has 0 saturated heterocycles. The van der Waals surface area contributed by atoms with Crippen LogP contribution in [-0.2, 0) is 14.3 Å². The van der Waals surface area contributed by atoms with E-state index in [-0.39, 0.29) is 32.1 Å². The van der Waals surface area contributed by atoms with Crippen LogP contribution in [0.5, 0.6) is 0 Å². The van der Waals surface area contributed by atoms with Gasteiger partial charge in [0.25, 0.3) is 0 Å². The molecule has 1 atom stereocenters. The summed E-state index contributed by atoms with van der Waals surface area (Å²) in [7, 11) is 1.39. The number of aliphatic hydroxyl groups is 1. The lowest BCUT2D eigenvalue weighted by Crippen LogP contribution is -2.40. The minimum Gasteiger partial charge on any atom is -0.481 e. The van der Waals surface area contributed by atoms with Gasteiger partial charge in [0, 0.05) is 19.1 Å². The fourth-order valence-corrected chi connectivity index (χ4v) is 1.03. The first kappa shape index (κ1) is 13.9. The number of amides is 1. The van der Waals surface area contributed by atoms with E-state index in [1.54, 1.807) is 6.92 Å². The predicted octanol–water partition coefficient (Wildman–Crippen LogP) is -0.778. The lowest BCUT2D eigenvalue weighted by molar-refractivity contribution is -0.140.